The number of amides is 3. The summed E-state index contributed by atoms with van der Waals surface area (Å²) in [6, 6.07) is 1.27. The quantitative estimate of drug-likeness (QED) is 0.701. The fourth-order valence-corrected chi connectivity index (χ4v) is 3.27. The van der Waals surface area contributed by atoms with Crippen molar-refractivity contribution in [2.75, 3.05) is 38.1 Å². The fourth-order valence-electron chi connectivity index (χ4n) is 3.27. The molecule has 3 amide bonds. The minimum absolute atomic E-state index is 0.142. The van der Waals surface area contributed by atoms with Gasteiger partial charge in [-0.3, -0.25) is 24.7 Å². The number of rotatable bonds is 4. The molecule has 2 saturated heterocycles. The topological polar surface area (TPSA) is 94.6 Å². The number of likely N-dealkylation sites (N-methyl/N-ethyl adjacent to an activating group) is 1. The number of nitrogens with one attached hydrogen (secondary N) is 2. The predicted octanol–water partition coefficient (Wildman–Crippen LogP) is -0.703. The standard InChI is InChI=1S/C17H23N5O3/c1-21(13-2-3-15(23)20-17(13)25)16(24)10-12-4-5-19-11-14(12)22-8-6-18-7-9-22/h4-5,11,13,18H,2-3,6-10H2,1H3,(H,20,23,25). The van der Waals surface area contributed by atoms with Gasteiger partial charge in [-0.05, 0) is 18.1 Å². The molecule has 3 rings (SSSR count). The van der Waals surface area contributed by atoms with Crippen LogP contribution in [0.5, 0.6) is 0 Å². The second-order valence-corrected chi connectivity index (χ2v) is 6.39. The summed E-state index contributed by atoms with van der Waals surface area (Å²) in [6.07, 6.45) is 4.30. The Morgan fingerprint density at radius 3 is 2.84 bits per heavy atom. The lowest BCUT2D eigenvalue weighted by molar-refractivity contribution is -0.144. The number of hydrogen-bond acceptors (Lipinski definition) is 6. The highest BCUT2D eigenvalue weighted by Gasteiger charge is 2.32. The van der Waals surface area contributed by atoms with E-state index in [9.17, 15) is 14.4 Å². The molecule has 3 heterocycles. The molecule has 0 spiro atoms. The van der Waals surface area contributed by atoms with Crippen molar-refractivity contribution in [3.63, 3.8) is 0 Å². The zero-order valence-corrected chi connectivity index (χ0v) is 14.3. The van der Waals surface area contributed by atoms with E-state index in [4.69, 9.17) is 0 Å². The first-order chi connectivity index (χ1) is 12.1. The summed E-state index contributed by atoms with van der Waals surface area (Å²) in [5.74, 6) is -0.821. The molecule has 134 valence electrons. The van der Waals surface area contributed by atoms with E-state index in [-0.39, 0.29) is 24.7 Å². The van der Waals surface area contributed by atoms with Crippen molar-refractivity contribution in [1.29, 1.82) is 0 Å². The average molecular weight is 345 g/mol. The van der Waals surface area contributed by atoms with E-state index < -0.39 is 11.9 Å². The molecule has 2 N–H and O–H groups in total. The van der Waals surface area contributed by atoms with E-state index in [0.717, 1.165) is 37.4 Å². The van der Waals surface area contributed by atoms with Crippen LogP contribution >= 0.6 is 0 Å². The van der Waals surface area contributed by atoms with Crippen LogP contribution in [-0.2, 0) is 20.8 Å². The first-order valence-electron chi connectivity index (χ1n) is 8.54. The van der Waals surface area contributed by atoms with Crippen molar-refractivity contribution in [3.8, 4) is 0 Å². The summed E-state index contributed by atoms with van der Waals surface area (Å²) in [4.78, 5) is 43.8. The van der Waals surface area contributed by atoms with Crippen LogP contribution in [0.3, 0.4) is 0 Å². The normalized spacial score (nSPS) is 21.0. The Kier molecular flexibility index (Phi) is 5.28. The summed E-state index contributed by atoms with van der Waals surface area (Å²) in [6.45, 7) is 3.54. The van der Waals surface area contributed by atoms with Crippen LogP contribution in [0, 0.1) is 0 Å². The Morgan fingerprint density at radius 1 is 1.36 bits per heavy atom. The lowest BCUT2D eigenvalue weighted by atomic mass is 10.0. The number of pyridine rings is 1. The van der Waals surface area contributed by atoms with Gasteiger partial charge in [0.25, 0.3) is 0 Å². The molecule has 0 aliphatic carbocycles. The summed E-state index contributed by atoms with van der Waals surface area (Å²) in [5, 5.41) is 5.60. The number of hydrogen-bond donors (Lipinski definition) is 2. The molecule has 8 heteroatoms. The van der Waals surface area contributed by atoms with E-state index in [1.807, 2.05) is 6.07 Å². The largest absolute Gasteiger partial charge is 0.368 e. The highest BCUT2D eigenvalue weighted by Crippen LogP contribution is 2.21. The zero-order chi connectivity index (χ0) is 17.8. The van der Waals surface area contributed by atoms with E-state index in [1.54, 1.807) is 19.4 Å². The number of anilines is 1. The van der Waals surface area contributed by atoms with Gasteiger partial charge in [-0.1, -0.05) is 0 Å². The average Bonchev–Trinajstić information content (AvgIpc) is 2.62. The van der Waals surface area contributed by atoms with Crippen molar-refractivity contribution < 1.29 is 14.4 Å². The van der Waals surface area contributed by atoms with Crippen LogP contribution in [-0.4, -0.2) is 66.9 Å². The summed E-state index contributed by atoms with van der Waals surface area (Å²) in [5.41, 5.74) is 1.87. The first kappa shape index (κ1) is 17.3. The minimum Gasteiger partial charge on any atom is -0.368 e. The predicted molar refractivity (Wildman–Crippen MR) is 92.0 cm³/mol. The van der Waals surface area contributed by atoms with Crippen molar-refractivity contribution in [2.45, 2.75) is 25.3 Å². The highest BCUT2D eigenvalue weighted by atomic mass is 16.2. The molecule has 0 saturated carbocycles. The number of carbonyl (C=O) groups is 3. The van der Waals surface area contributed by atoms with Gasteiger partial charge in [0.2, 0.25) is 17.7 Å². The van der Waals surface area contributed by atoms with E-state index in [0.29, 0.717) is 6.42 Å². The maximum Gasteiger partial charge on any atom is 0.249 e. The fraction of sp³-hybridized carbons (Fsp3) is 0.529. The summed E-state index contributed by atoms with van der Waals surface area (Å²) in [7, 11) is 1.62. The number of piperazine rings is 1. The Hall–Kier alpha value is -2.48. The van der Waals surface area contributed by atoms with Gasteiger partial charge in [0.05, 0.1) is 18.3 Å². The van der Waals surface area contributed by atoms with Crippen molar-refractivity contribution in [2.24, 2.45) is 0 Å². The lowest BCUT2D eigenvalue weighted by Crippen LogP contribution is -2.53. The Balaban J connectivity index is 1.70. The summed E-state index contributed by atoms with van der Waals surface area (Å²) < 4.78 is 0. The molecule has 1 aromatic heterocycles. The Labute approximate surface area is 146 Å². The van der Waals surface area contributed by atoms with Crippen LogP contribution in [0.4, 0.5) is 5.69 Å². The number of imide groups is 1. The Morgan fingerprint density at radius 2 is 2.12 bits per heavy atom. The van der Waals surface area contributed by atoms with Gasteiger partial charge in [-0.15, -0.1) is 0 Å². The third-order valence-electron chi connectivity index (χ3n) is 4.76. The van der Waals surface area contributed by atoms with Gasteiger partial charge >= 0.3 is 0 Å². The second-order valence-electron chi connectivity index (χ2n) is 6.39. The number of nitrogens with zero attached hydrogens (tertiary/aromatic N) is 3. The highest BCUT2D eigenvalue weighted by molar-refractivity contribution is 6.01. The molecule has 1 unspecified atom stereocenters. The second kappa shape index (κ2) is 7.60. The molecular formula is C17H23N5O3. The van der Waals surface area contributed by atoms with Crippen LogP contribution in [0.25, 0.3) is 0 Å². The minimum atomic E-state index is -0.588. The van der Waals surface area contributed by atoms with Gasteiger partial charge in [-0.25, -0.2) is 0 Å². The lowest BCUT2D eigenvalue weighted by Gasteiger charge is -2.32. The molecule has 2 aliphatic heterocycles. The van der Waals surface area contributed by atoms with Gasteiger partial charge < -0.3 is 15.1 Å². The molecule has 2 aliphatic rings. The molecule has 0 aromatic carbocycles. The number of aromatic nitrogens is 1. The van der Waals surface area contributed by atoms with Crippen LogP contribution in [0.15, 0.2) is 18.5 Å². The van der Waals surface area contributed by atoms with E-state index in [1.165, 1.54) is 4.90 Å². The smallest absolute Gasteiger partial charge is 0.249 e. The maximum absolute atomic E-state index is 12.7. The number of carbonyl (C=O) groups excluding carboxylic acids is 3. The van der Waals surface area contributed by atoms with Crippen LogP contribution in [0.1, 0.15) is 18.4 Å². The molecule has 0 bridgehead atoms. The molecule has 0 radical (unpaired) electrons. The molecular weight excluding hydrogens is 322 g/mol. The van der Waals surface area contributed by atoms with Gasteiger partial charge in [0, 0.05) is 45.8 Å². The molecule has 1 atom stereocenters. The van der Waals surface area contributed by atoms with Gasteiger partial charge in [-0.2, -0.15) is 0 Å². The van der Waals surface area contributed by atoms with Crippen LogP contribution in [0.2, 0.25) is 0 Å². The monoisotopic (exact) mass is 345 g/mol. The third kappa shape index (κ3) is 3.96. The Bertz CT molecular complexity index is 672. The zero-order valence-electron chi connectivity index (χ0n) is 14.3. The first-order valence-corrected chi connectivity index (χ1v) is 8.54. The molecule has 1 aromatic rings. The van der Waals surface area contributed by atoms with Crippen molar-refractivity contribution in [1.82, 2.24) is 20.5 Å². The van der Waals surface area contributed by atoms with Crippen LogP contribution < -0.4 is 15.5 Å². The summed E-state index contributed by atoms with van der Waals surface area (Å²) >= 11 is 0. The van der Waals surface area contributed by atoms with Gasteiger partial charge in [0.15, 0.2) is 0 Å². The third-order valence-corrected chi connectivity index (χ3v) is 4.76. The van der Waals surface area contributed by atoms with E-state index in [2.05, 4.69) is 20.5 Å². The molecule has 8 nitrogen and oxygen atoms in total. The van der Waals surface area contributed by atoms with Crippen molar-refractivity contribution in [3.05, 3.63) is 24.0 Å². The van der Waals surface area contributed by atoms with Gasteiger partial charge in [0.1, 0.15) is 6.04 Å². The molecule has 2 fully saturated rings. The maximum atomic E-state index is 12.7. The van der Waals surface area contributed by atoms with Crippen molar-refractivity contribution >= 4 is 23.4 Å². The molecule has 25 heavy (non-hydrogen) atoms. The number of piperidine rings is 1. The SMILES string of the molecule is CN(C(=O)Cc1ccncc1N1CCNCC1)C1CCC(=O)NC1=O. The van der Waals surface area contributed by atoms with E-state index >= 15 is 0 Å².